The lowest BCUT2D eigenvalue weighted by Crippen LogP contribution is -2.40. The van der Waals surface area contributed by atoms with Gasteiger partial charge in [0.05, 0.1) is 16.5 Å². The minimum Gasteiger partial charge on any atom is -0.456 e. The summed E-state index contributed by atoms with van der Waals surface area (Å²) >= 11 is 6.24. The fourth-order valence-electron chi connectivity index (χ4n) is 4.48. The molecule has 0 bridgehead atoms. The van der Waals surface area contributed by atoms with E-state index in [4.69, 9.17) is 25.8 Å². The Bertz CT molecular complexity index is 1380. The second kappa shape index (κ2) is 10.1. The summed E-state index contributed by atoms with van der Waals surface area (Å²) in [5.74, 6) is -1.27. The molecule has 184 valence electrons. The molecule has 2 aromatic heterocycles. The lowest BCUT2D eigenvalue weighted by molar-refractivity contribution is -0.0859. The molecule has 1 aliphatic rings. The first-order valence-corrected chi connectivity index (χ1v) is 12.0. The molecule has 2 aromatic carbocycles. The number of carbonyl (C=O) groups is 2. The van der Waals surface area contributed by atoms with Crippen LogP contribution in [0, 0.1) is 5.92 Å². The summed E-state index contributed by atoms with van der Waals surface area (Å²) < 4.78 is 20.0. The molecule has 0 radical (unpaired) electrons. The van der Waals surface area contributed by atoms with Crippen molar-refractivity contribution in [1.82, 2.24) is 14.5 Å². The number of benzene rings is 2. The van der Waals surface area contributed by atoms with E-state index < -0.39 is 36.5 Å². The number of hydrogen-bond acceptors (Lipinski definition) is 7. The van der Waals surface area contributed by atoms with Gasteiger partial charge < -0.3 is 18.8 Å². The molecule has 5 atom stereocenters. The smallest absolute Gasteiger partial charge is 0.338 e. The van der Waals surface area contributed by atoms with Crippen LogP contribution in [0.5, 0.6) is 0 Å². The largest absolute Gasteiger partial charge is 0.456 e. The van der Waals surface area contributed by atoms with Crippen LogP contribution in [0.2, 0.25) is 5.15 Å². The summed E-state index contributed by atoms with van der Waals surface area (Å²) in [6.07, 6.45) is 0.515. The van der Waals surface area contributed by atoms with E-state index >= 15 is 0 Å². The molecule has 1 fully saturated rings. The van der Waals surface area contributed by atoms with Gasteiger partial charge in [0.1, 0.15) is 41.7 Å². The van der Waals surface area contributed by atoms with E-state index in [1.807, 2.05) is 35.9 Å². The molecule has 1 aliphatic heterocycles. The molecular formula is C27H24ClN3O5. The van der Waals surface area contributed by atoms with Gasteiger partial charge in [-0.25, -0.2) is 19.6 Å². The zero-order valence-corrected chi connectivity index (χ0v) is 20.4. The van der Waals surface area contributed by atoms with E-state index in [0.29, 0.717) is 27.3 Å². The summed E-state index contributed by atoms with van der Waals surface area (Å²) in [5, 5.41) is 1.01. The van der Waals surface area contributed by atoms with Crippen molar-refractivity contribution in [2.24, 2.45) is 5.92 Å². The zero-order chi connectivity index (χ0) is 25.2. The molecule has 8 nitrogen and oxygen atoms in total. The van der Waals surface area contributed by atoms with Gasteiger partial charge >= 0.3 is 11.9 Å². The molecule has 4 aromatic rings. The highest BCUT2D eigenvalue weighted by molar-refractivity contribution is 6.33. The first kappa shape index (κ1) is 24.0. The number of aromatic nitrogens is 3. The third-order valence-electron chi connectivity index (χ3n) is 6.34. The number of nitrogens with zero attached hydrogens (tertiary/aromatic N) is 3. The van der Waals surface area contributed by atoms with Crippen LogP contribution < -0.4 is 0 Å². The predicted molar refractivity (Wildman–Crippen MR) is 133 cm³/mol. The molecule has 1 saturated heterocycles. The van der Waals surface area contributed by atoms with Crippen molar-refractivity contribution in [2.75, 3.05) is 0 Å². The quantitative estimate of drug-likeness (QED) is 0.266. The molecule has 36 heavy (non-hydrogen) atoms. The molecule has 0 aliphatic carbocycles. The molecule has 0 N–H and O–H groups in total. The van der Waals surface area contributed by atoms with Crippen LogP contribution in [-0.2, 0) is 14.2 Å². The fourth-order valence-corrected chi connectivity index (χ4v) is 4.68. The lowest BCUT2D eigenvalue weighted by Gasteiger charge is -2.26. The number of rotatable bonds is 6. The predicted octanol–water partition coefficient (Wildman–Crippen LogP) is 5.09. The Morgan fingerprint density at radius 2 is 1.61 bits per heavy atom. The van der Waals surface area contributed by atoms with Gasteiger partial charge in [-0.2, -0.15) is 0 Å². The van der Waals surface area contributed by atoms with E-state index in [1.165, 1.54) is 6.33 Å². The van der Waals surface area contributed by atoms with E-state index in [2.05, 4.69) is 9.97 Å². The molecule has 9 heteroatoms. The average molecular weight is 506 g/mol. The summed E-state index contributed by atoms with van der Waals surface area (Å²) in [6.45, 7) is 3.66. The summed E-state index contributed by atoms with van der Waals surface area (Å²) in [7, 11) is 0. The maximum Gasteiger partial charge on any atom is 0.338 e. The molecular weight excluding hydrogens is 482 g/mol. The van der Waals surface area contributed by atoms with Gasteiger partial charge in [-0.05, 0) is 37.3 Å². The van der Waals surface area contributed by atoms with Gasteiger partial charge in [-0.15, -0.1) is 0 Å². The normalized spacial score (nSPS) is 22.3. The van der Waals surface area contributed by atoms with Crippen molar-refractivity contribution in [1.29, 1.82) is 0 Å². The third kappa shape index (κ3) is 4.57. The average Bonchev–Trinajstić information content (AvgIpc) is 3.47. The maximum absolute atomic E-state index is 13.0. The van der Waals surface area contributed by atoms with Crippen LogP contribution in [0.25, 0.3) is 11.0 Å². The molecule has 3 heterocycles. The number of carbonyl (C=O) groups excluding carboxylic acids is 2. The molecule has 0 amide bonds. The Kier molecular flexibility index (Phi) is 6.71. The van der Waals surface area contributed by atoms with Crippen LogP contribution >= 0.6 is 11.6 Å². The zero-order valence-electron chi connectivity index (χ0n) is 19.7. The Balaban J connectivity index is 1.44. The molecule has 0 unspecified atom stereocenters. The second-order valence-corrected chi connectivity index (χ2v) is 9.05. The Morgan fingerprint density at radius 1 is 0.972 bits per heavy atom. The monoisotopic (exact) mass is 505 g/mol. The van der Waals surface area contributed by atoms with Crippen LogP contribution in [0.4, 0.5) is 0 Å². The number of halogens is 1. The van der Waals surface area contributed by atoms with E-state index in [9.17, 15) is 9.59 Å². The van der Waals surface area contributed by atoms with Gasteiger partial charge in [0, 0.05) is 12.1 Å². The van der Waals surface area contributed by atoms with Crippen molar-refractivity contribution in [3.05, 3.63) is 95.5 Å². The number of ether oxygens (including phenoxy) is 3. The minimum atomic E-state index is -0.722. The SMILES string of the molecule is C[C@H]1[C@H](OC(=O)c2ccccc2)[C@@H]([C@@H](C)OC(=O)c2ccccc2)O[C@H]1n1ccc2c(Cl)ncnc21. The van der Waals surface area contributed by atoms with Crippen LogP contribution in [0.1, 0.15) is 40.8 Å². The van der Waals surface area contributed by atoms with E-state index in [-0.39, 0.29) is 5.92 Å². The first-order valence-electron chi connectivity index (χ1n) is 11.6. The lowest BCUT2D eigenvalue weighted by atomic mass is 9.98. The number of fused-ring (bicyclic) bond motifs is 1. The minimum absolute atomic E-state index is 0.301. The van der Waals surface area contributed by atoms with Crippen molar-refractivity contribution >= 4 is 34.6 Å². The van der Waals surface area contributed by atoms with Gasteiger partial charge in [0.25, 0.3) is 0 Å². The van der Waals surface area contributed by atoms with Crippen molar-refractivity contribution in [3.63, 3.8) is 0 Å². The summed E-state index contributed by atoms with van der Waals surface area (Å²) in [4.78, 5) is 34.1. The molecule has 5 rings (SSSR count). The molecule has 0 spiro atoms. The number of hydrogen-bond donors (Lipinski definition) is 0. The highest BCUT2D eigenvalue weighted by Gasteiger charge is 2.49. The summed E-state index contributed by atoms with van der Waals surface area (Å²) in [5.41, 5.74) is 1.44. The first-order chi connectivity index (χ1) is 17.4. The van der Waals surface area contributed by atoms with Gasteiger partial charge in [0.15, 0.2) is 0 Å². The van der Waals surface area contributed by atoms with Crippen molar-refractivity contribution in [3.8, 4) is 0 Å². The van der Waals surface area contributed by atoms with Crippen LogP contribution in [0.15, 0.2) is 79.3 Å². The highest BCUT2D eigenvalue weighted by atomic mass is 35.5. The Morgan fingerprint density at radius 3 is 2.28 bits per heavy atom. The number of esters is 2. The van der Waals surface area contributed by atoms with E-state index in [0.717, 1.165) is 0 Å². The second-order valence-electron chi connectivity index (χ2n) is 8.69. The van der Waals surface area contributed by atoms with E-state index in [1.54, 1.807) is 55.5 Å². The van der Waals surface area contributed by atoms with Crippen LogP contribution in [-0.4, -0.2) is 44.8 Å². The van der Waals surface area contributed by atoms with Gasteiger partial charge in [-0.3, -0.25) is 0 Å². The van der Waals surface area contributed by atoms with Crippen LogP contribution in [0.3, 0.4) is 0 Å². The summed E-state index contributed by atoms with van der Waals surface area (Å²) in [6, 6.07) is 19.3. The highest BCUT2D eigenvalue weighted by Crippen LogP contribution is 2.40. The fraction of sp³-hybridized carbons (Fsp3) is 0.259. The Labute approximate surface area is 212 Å². The third-order valence-corrected chi connectivity index (χ3v) is 6.64. The molecule has 0 saturated carbocycles. The van der Waals surface area contributed by atoms with Gasteiger partial charge in [0.2, 0.25) is 0 Å². The standard InChI is InChI=1S/C27H24ClN3O5/c1-16-21(36-27(33)19-11-7-4-8-12-19)22(17(2)34-26(32)18-9-5-3-6-10-18)35-25(16)31-14-13-20-23(28)29-15-30-24(20)31/h3-17,21-22,25H,1-2H3/t16-,17+,21-,22+,25+/m0/s1. The van der Waals surface area contributed by atoms with Crippen molar-refractivity contribution in [2.45, 2.75) is 38.4 Å². The topological polar surface area (TPSA) is 92.5 Å². The van der Waals surface area contributed by atoms with Gasteiger partial charge in [-0.1, -0.05) is 54.9 Å². The Hall–Kier alpha value is -3.75. The van der Waals surface area contributed by atoms with Crippen molar-refractivity contribution < 1.29 is 23.8 Å². The maximum atomic E-state index is 13.0.